The normalized spacial score (nSPS) is 23.2. The molecule has 1 aliphatic carbocycles. The molecule has 1 atom stereocenters. The molecule has 0 bridgehead atoms. The summed E-state index contributed by atoms with van der Waals surface area (Å²) < 4.78 is 7.18. The van der Waals surface area contributed by atoms with Gasteiger partial charge in [-0.15, -0.1) is 0 Å². The van der Waals surface area contributed by atoms with Crippen molar-refractivity contribution in [2.24, 2.45) is 0 Å². The van der Waals surface area contributed by atoms with Crippen LogP contribution in [0.3, 0.4) is 0 Å². The van der Waals surface area contributed by atoms with Crippen molar-refractivity contribution >= 4 is 5.91 Å². The van der Waals surface area contributed by atoms with Crippen molar-refractivity contribution in [2.75, 3.05) is 26.8 Å². The smallest absolute Gasteiger partial charge is 0.248 e. The van der Waals surface area contributed by atoms with Crippen LogP contribution in [-0.2, 0) is 9.53 Å². The summed E-state index contributed by atoms with van der Waals surface area (Å²) in [4.78, 5) is 18.8. The molecule has 128 valence electrons. The van der Waals surface area contributed by atoms with Crippen molar-refractivity contribution in [2.45, 2.75) is 63.8 Å². The summed E-state index contributed by atoms with van der Waals surface area (Å²) in [7, 11) is 1.57. The number of likely N-dealkylation sites (tertiary alicyclic amines) is 1. The molecule has 6 heteroatoms. The molecule has 1 amide bonds. The van der Waals surface area contributed by atoms with Crippen LogP contribution in [0.5, 0.6) is 0 Å². The Hall–Kier alpha value is -1.43. The molecule has 1 aromatic heterocycles. The first-order valence-corrected chi connectivity index (χ1v) is 8.88. The molecule has 2 aliphatic rings. The van der Waals surface area contributed by atoms with Gasteiger partial charge in [0.1, 0.15) is 18.3 Å². The van der Waals surface area contributed by atoms with Crippen LogP contribution in [0.1, 0.15) is 68.6 Å². The number of ether oxygens (including phenoxy) is 1. The average molecular weight is 320 g/mol. The van der Waals surface area contributed by atoms with E-state index < -0.39 is 0 Å². The molecule has 0 aromatic carbocycles. The molecule has 0 spiro atoms. The lowest BCUT2D eigenvalue weighted by atomic mass is 9.93. The topological polar surface area (TPSA) is 60.2 Å². The van der Waals surface area contributed by atoms with Crippen LogP contribution in [0.15, 0.2) is 0 Å². The minimum Gasteiger partial charge on any atom is -0.375 e. The van der Waals surface area contributed by atoms with Gasteiger partial charge in [0, 0.05) is 26.1 Å². The van der Waals surface area contributed by atoms with Gasteiger partial charge in [-0.2, -0.15) is 5.10 Å². The van der Waals surface area contributed by atoms with E-state index in [1.165, 1.54) is 32.1 Å². The average Bonchev–Trinajstić information content (AvgIpc) is 2.98. The van der Waals surface area contributed by atoms with E-state index in [2.05, 4.69) is 4.68 Å². The fourth-order valence-corrected chi connectivity index (χ4v) is 3.95. The monoisotopic (exact) mass is 320 g/mol. The minimum absolute atomic E-state index is 0.0812. The molecule has 1 aliphatic heterocycles. The van der Waals surface area contributed by atoms with Gasteiger partial charge < -0.3 is 9.64 Å². The largest absolute Gasteiger partial charge is 0.375 e. The second kappa shape index (κ2) is 7.43. The maximum absolute atomic E-state index is 12.1. The first kappa shape index (κ1) is 16.4. The summed E-state index contributed by atoms with van der Waals surface area (Å²) in [5.74, 6) is 2.32. The number of rotatable bonds is 4. The molecule has 1 saturated carbocycles. The number of amides is 1. The van der Waals surface area contributed by atoms with E-state index in [0.29, 0.717) is 12.0 Å². The van der Waals surface area contributed by atoms with E-state index >= 15 is 0 Å². The third kappa shape index (κ3) is 3.74. The summed E-state index contributed by atoms with van der Waals surface area (Å²) in [6.07, 6.45) is 8.42. The molecular formula is C17H28N4O2. The third-order valence-electron chi connectivity index (χ3n) is 5.09. The Morgan fingerprint density at radius 2 is 2.00 bits per heavy atom. The van der Waals surface area contributed by atoms with E-state index in [-0.39, 0.29) is 12.5 Å². The van der Waals surface area contributed by atoms with Gasteiger partial charge >= 0.3 is 0 Å². The first-order chi connectivity index (χ1) is 11.2. The van der Waals surface area contributed by atoms with Crippen molar-refractivity contribution in [3.05, 3.63) is 11.6 Å². The van der Waals surface area contributed by atoms with Crippen LogP contribution in [0.4, 0.5) is 0 Å². The van der Waals surface area contributed by atoms with Gasteiger partial charge in [0.15, 0.2) is 0 Å². The summed E-state index contributed by atoms with van der Waals surface area (Å²) in [6.45, 7) is 3.71. The van der Waals surface area contributed by atoms with Crippen molar-refractivity contribution in [3.8, 4) is 0 Å². The standard InChI is InChI=1S/C17H28N4O2/c1-13-18-17(21(19-13)15-8-4-3-5-9-15)14-7-6-10-20(11-14)16(22)12-23-2/h14-15H,3-12H2,1-2H3/t14-/m1/s1. The van der Waals surface area contributed by atoms with Gasteiger partial charge in [-0.05, 0) is 32.6 Å². The van der Waals surface area contributed by atoms with E-state index in [4.69, 9.17) is 14.8 Å². The third-order valence-corrected chi connectivity index (χ3v) is 5.09. The van der Waals surface area contributed by atoms with E-state index in [0.717, 1.165) is 37.6 Å². The molecule has 0 radical (unpaired) electrons. The number of carbonyl (C=O) groups excluding carboxylic acids is 1. The summed E-state index contributed by atoms with van der Waals surface area (Å²) >= 11 is 0. The summed E-state index contributed by atoms with van der Waals surface area (Å²) in [5, 5.41) is 4.69. The zero-order chi connectivity index (χ0) is 16.2. The van der Waals surface area contributed by atoms with Gasteiger partial charge in [0.2, 0.25) is 5.91 Å². The Morgan fingerprint density at radius 3 is 2.74 bits per heavy atom. The number of aromatic nitrogens is 3. The Balaban J connectivity index is 1.76. The molecule has 1 aromatic rings. The van der Waals surface area contributed by atoms with Crippen molar-refractivity contribution in [1.29, 1.82) is 0 Å². The molecular weight excluding hydrogens is 292 g/mol. The highest BCUT2D eigenvalue weighted by Gasteiger charge is 2.30. The molecule has 0 N–H and O–H groups in total. The maximum atomic E-state index is 12.1. The van der Waals surface area contributed by atoms with E-state index in [9.17, 15) is 4.79 Å². The van der Waals surface area contributed by atoms with Crippen LogP contribution in [0, 0.1) is 6.92 Å². The lowest BCUT2D eigenvalue weighted by Gasteiger charge is -2.33. The fourth-order valence-electron chi connectivity index (χ4n) is 3.95. The number of methoxy groups -OCH3 is 1. The van der Waals surface area contributed by atoms with E-state index in [1.54, 1.807) is 7.11 Å². The molecule has 2 fully saturated rings. The molecule has 2 heterocycles. The zero-order valence-electron chi connectivity index (χ0n) is 14.3. The number of piperidine rings is 1. The van der Waals surface area contributed by atoms with Gasteiger partial charge in [-0.1, -0.05) is 19.3 Å². The maximum Gasteiger partial charge on any atom is 0.248 e. The quantitative estimate of drug-likeness (QED) is 0.855. The van der Waals surface area contributed by atoms with Crippen molar-refractivity contribution in [3.63, 3.8) is 0 Å². The van der Waals surface area contributed by atoms with Crippen molar-refractivity contribution in [1.82, 2.24) is 19.7 Å². The fraction of sp³-hybridized carbons (Fsp3) is 0.824. The van der Waals surface area contributed by atoms with E-state index in [1.807, 2.05) is 11.8 Å². The summed E-state index contributed by atoms with van der Waals surface area (Å²) in [5.41, 5.74) is 0. The Bertz CT molecular complexity index is 537. The highest BCUT2D eigenvalue weighted by Crippen LogP contribution is 2.33. The molecule has 0 unspecified atom stereocenters. The summed E-state index contributed by atoms with van der Waals surface area (Å²) in [6, 6.07) is 0.491. The van der Waals surface area contributed by atoms with Gasteiger partial charge in [-0.25, -0.2) is 9.67 Å². The molecule has 3 rings (SSSR count). The van der Waals surface area contributed by atoms with Crippen LogP contribution in [0.2, 0.25) is 0 Å². The zero-order valence-corrected chi connectivity index (χ0v) is 14.3. The second-order valence-corrected chi connectivity index (χ2v) is 6.87. The van der Waals surface area contributed by atoms with Crippen LogP contribution in [0.25, 0.3) is 0 Å². The first-order valence-electron chi connectivity index (χ1n) is 8.88. The van der Waals surface area contributed by atoms with Crippen LogP contribution < -0.4 is 0 Å². The lowest BCUT2D eigenvalue weighted by Crippen LogP contribution is -2.41. The predicted octanol–water partition coefficient (Wildman–Crippen LogP) is 2.44. The molecule has 1 saturated heterocycles. The highest BCUT2D eigenvalue weighted by atomic mass is 16.5. The highest BCUT2D eigenvalue weighted by molar-refractivity contribution is 5.77. The Kier molecular flexibility index (Phi) is 5.30. The number of nitrogens with zero attached hydrogens (tertiary/aromatic N) is 4. The number of carbonyl (C=O) groups is 1. The number of hydrogen-bond acceptors (Lipinski definition) is 4. The SMILES string of the molecule is COCC(=O)N1CCC[C@@H](c2nc(C)nn2C2CCCCC2)C1. The number of aryl methyl sites for hydroxylation is 1. The van der Waals surface area contributed by atoms with Crippen LogP contribution in [-0.4, -0.2) is 52.4 Å². The van der Waals surface area contributed by atoms with Crippen molar-refractivity contribution < 1.29 is 9.53 Å². The van der Waals surface area contributed by atoms with Gasteiger partial charge in [0.05, 0.1) is 6.04 Å². The van der Waals surface area contributed by atoms with Gasteiger partial charge in [0.25, 0.3) is 0 Å². The second-order valence-electron chi connectivity index (χ2n) is 6.87. The van der Waals surface area contributed by atoms with Crippen LogP contribution >= 0.6 is 0 Å². The minimum atomic E-state index is 0.0812. The Labute approximate surface area is 138 Å². The molecule has 23 heavy (non-hydrogen) atoms. The molecule has 6 nitrogen and oxygen atoms in total. The van der Waals surface area contributed by atoms with Gasteiger partial charge in [-0.3, -0.25) is 4.79 Å². The Morgan fingerprint density at radius 1 is 1.22 bits per heavy atom. The number of hydrogen-bond donors (Lipinski definition) is 0. The predicted molar refractivity (Wildman–Crippen MR) is 87.3 cm³/mol. The lowest BCUT2D eigenvalue weighted by molar-refractivity contribution is -0.136.